The van der Waals surface area contributed by atoms with E-state index in [0.717, 1.165) is 14.3 Å². The van der Waals surface area contributed by atoms with Crippen LogP contribution >= 0.6 is 27.3 Å². The average molecular weight is 310 g/mol. The van der Waals surface area contributed by atoms with Gasteiger partial charge in [0.25, 0.3) is 0 Å². The lowest BCUT2D eigenvalue weighted by molar-refractivity contribution is 0.386. The Labute approximate surface area is 110 Å². The van der Waals surface area contributed by atoms with Crippen molar-refractivity contribution in [1.29, 1.82) is 0 Å². The third kappa shape index (κ3) is 1.83. The number of ether oxygens (including phenoxy) is 1. The molecule has 0 aliphatic carbocycles. The minimum absolute atomic E-state index is 0.678. The van der Waals surface area contributed by atoms with Gasteiger partial charge in [-0.15, -0.1) is 16.4 Å². The molecule has 0 aromatic carbocycles. The molecule has 17 heavy (non-hydrogen) atoms. The summed E-state index contributed by atoms with van der Waals surface area (Å²) in [6, 6.07) is 9.65. The summed E-state index contributed by atoms with van der Waals surface area (Å²) in [6.07, 6.45) is 0. The van der Waals surface area contributed by atoms with Crippen LogP contribution in [0.2, 0.25) is 0 Å². The van der Waals surface area contributed by atoms with E-state index >= 15 is 0 Å². The summed E-state index contributed by atoms with van der Waals surface area (Å²) in [4.78, 5) is 5.50. The highest BCUT2D eigenvalue weighted by Crippen LogP contribution is 2.29. The van der Waals surface area contributed by atoms with E-state index in [2.05, 4.69) is 26.0 Å². The van der Waals surface area contributed by atoms with Crippen molar-refractivity contribution in [2.75, 3.05) is 7.11 Å². The molecule has 0 aliphatic rings. The number of nitrogens with zero attached hydrogens (tertiary/aromatic N) is 3. The molecule has 3 aromatic rings. The quantitative estimate of drug-likeness (QED) is 0.729. The number of methoxy groups -OCH3 is 1. The largest absolute Gasteiger partial charge is 0.481 e. The molecular formula is C11H8BrN3OS. The molecule has 0 saturated heterocycles. The highest BCUT2D eigenvalue weighted by molar-refractivity contribution is 9.11. The summed E-state index contributed by atoms with van der Waals surface area (Å²) >= 11 is 5.04. The maximum Gasteiger partial charge on any atom is 0.216 e. The number of halogens is 1. The predicted molar refractivity (Wildman–Crippen MR) is 70.6 cm³/mol. The van der Waals surface area contributed by atoms with Crippen molar-refractivity contribution < 1.29 is 4.74 Å². The Morgan fingerprint density at radius 3 is 2.88 bits per heavy atom. The molecule has 4 nitrogen and oxygen atoms in total. The first-order chi connectivity index (χ1) is 8.28. The molecule has 3 heterocycles. The predicted octanol–water partition coefficient (Wildman–Crippen LogP) is 3.23. The van der Waals surface area contributed by atoms with Gasteiger partial charge in [0.2, 0.25) is 5.88 Å². The van der Waals surface area contributed by atoms with Crippen LogP contribution in [0.25, 0.3) is 16.3 Å². The molecule has 6 heteroatoms. The number of aromatic nitrogens is 3. The molecule has 3 aromatic heterocycles. The van der Waals surface area contributed by atoms with Crippen molar-refractivity contribution in [3.63, 3.8) is 0 Å². The van der Waals surface area contributed by atoms with Gasteiger partial charge in [0, 0.05) is 6.07 Å². The van der Waals surface area contributed by atoms with Gasteiger partial charge in [-0.2, -0.15) is 4.52 Å². The standard InChI is InChI=1S/C11H8BrN3OS/c1-16-10-4-2-3-9-13-11(14-15(9)10)7-5-6-8(12)17-7/h2-6H,1H3. The molecular weight excluding hydrogens is 302 g/mol. The minimum atomic E-state index is 0.678. The zero-order valence-electron chi connectivity index (χ0n) is 8.92. The van der Waals surface area contributed by atoms with Gasteiger partial charge in [0.15, 0.2) is 11.5 Å². The number of pyridine rings is 1. The lowest BCUT2D eigenvalue weighted by atomic mass is 10.4. The van der Waals surface area contributed by atoms with Gasteiger partial charge < -0.3 is 4.74 Å². The number of hydrogen-bond acceptors (Lipinski definition) is 4. The lowest BCUT2D eigenvalue weighted by Crippen LogP contribution is -1.94. The van der Waals surface area contributed by atoms with Crippen molar-refractivity contribution in [3.05, 3.63) is 34.1 Å². The SMILES string of the molecule is COc1cccc2nc(-c3ccc(Br)s3)nn12. The van der Waals surface area contributed by atoms with Gasteiger partial charge in [-0.3, -0.25) is 0 Å². The Bertz CT molecular complexity index is 676. The third-order valence-corrected chi connectivity index (χ3v) is 3.95. The highest BCUT2D eigenvalue weighted by Gasteiger charge is 2.10. The van der Waals surface area contributed by atoms with E-state index in [0.29, 0.717) is 11.7 Å². The minimum Gasteiger partial charge on any atom is -0.481 e. The second kappa shape index (κ2) is 4.12. The van der Waals surface area contributed by atoms with Crippen molar-refractivity contribution in [3.8, 4) is 16.6 Å². The first-order valence-electron chi connectivity index (χ1n) is 4.93. The smallest absolute Gasteiger partial charge is 0.216 e. The van der Waals surface area contributed by atoms with Crippen LogP contribution in [-0.4, -0.2) is 21.7 Å². The molecule has 0 unspecified atom stereocenters. The fourth-order valence-corrected chi connectivity index (χ4v) is 2.89. The van der Waals surface area contributed by atoms with E-state index in [4.69, 9.17) is 4.74 Å². The van der Waals surface area contributed by atoms with Gasteiger partial charge in [0.05, 0.1) is 15.8 Å². The first-order valence-corrected chi connectivity index (χ1v) is 6.54. The summed E-state index contributed by atoms with van der Waals surface area (Å²) in [7, 11) is 1.62. The molecule has 0 fully saturated rings. The van der Waals surface area contributed by atoms with Crippen LogP contribution in [0.3, 0.4) is 0 Å². The number of fused-ring (bicyclic) bond motifs is 1. The van der Waals surface area contributed by atoms with Crippen molar-refractivity contribution in [2.45, 2.75) is 0 Å². The molecule has 86 valence electrons. The Kier molecular flexibility index (Phi) is 2.60. The van der Waals surface area contributed by atoms with E-state index in [1.54, 1.807) is 23.0 Å². The van der Waals surface area contributed by atoms with Crippen molar-refractivity contribution in [2.24, 2.45) is 0 Å². The van der Waals surface area contributed by atoms with Crippen molar-refractivity contribution >= 4 is 32.9 Å². The van der Waals surface area contributed by atoms with E-state index in [1.807, 2.05) is 30.3 Å². The van der Waals surface area contributed by atoms with Crippen LogP contribution in [0.15, 0.2) is 34.1 Å². The summed E-state index contributed by atoms with van der Waals surface area (Å²) in [6.45, 7) is 0. The molecule has 0 bridgehead atoms. The Balaban J connectivity index is 2.19. The first kappa shape index (κ1) is 10.7. The summed E-state index contributed by atoms with van der Waals surface area (Å²) in [5.74, 6) is 1.39. The number of thiophene rings is 1. The van der Waals surface area contributed by atoms with E-state index in [9.17, 15) is 0 Å². The Morgan fingerprint density at radius 1 is 1.29 bits per heavy atom. The molecule has 0 saturated carbocycles. The van der Waals surface area contributed by atoms with Crippen LogP contribution in [0.4, 0.5) is 0 Å². The molecule has 0 atom stereocenters. The molecule has 0 radical (unpaired) electrons. The fraction of sp³-hybridized carbons (Fsp3) is 0.0909. The second-order valence-electron chi connectivity index (χ2n) is 3.38. The van der Waals surface area contributed by atoms with E-state index < -0.39 is 0 Å². The maximum atomic E-state index is 5.24. The monoisotopic (exact) mass is 309 g/mol. The molecule has 0 N–H and O–H groups in total. The normalized spacial score (nSPS) is 10.9. The highest BCUT2D eigenvalue weighted by atomic mass is 79.9. The lowest BCUT2D eigenvalue weighted by Gasteiger charge is -1.99. The van der Waals surface area contributed by atoms with Gasteiger partial charge in [0.1, 0.15) is 0 Å². The molecule has 0 aliphatic heterocycles. The summed E-state index contributed by atoms with van der Waals surface area (Å²) in [5.41, 5.74) is 0.781. The second-order valence-corrected chi connectivity index (χ2v) is 5.84. The van der Waals surface area contributed by atoms with Crippen LogP contribution in [-0.2, 0) is 0 Å². The van der Waals surface area contributed by atoms with Crippen LogP contribution in [0.1, 0.15) is 0 Å². The van der Waals surface area contributed by atoms with Crippen LogP contribution < -0.4 is 4.74 Å². The fourth-order valence-electron chi connectivity index (χ4n) is 1.57. The zero-order valence-corrected chi connectivity index (χ0v) is 11.3. The zero-order chi connectivity index (χ0) is 11.8. The van der Waals surface area contributed by atoms with Crippen LogP contribution in [0.5, 0.6) is 5.88 Å². The average Bonchev–Trinajstić information content (AvgIpc) is 2.93. The van der Waals surface area contributed by atoms with E-state index in [-0.39, 0.29) is 0 Å². The summed E-state index contributed by atoms with van der Waals surface area (Å²) in [5, 5.41) is 4.44. The molecule has 3 rings (SSSR count). The van der Waals surface area contributed by atoms with Crippen molar-refractivity contribution in [1.82, 2.24) is 14.6 Å². The number of rotatable bonds is 2. The topological polar surface area (TPSA) is 39.4 Å². The maximum absolute atomic E-state index is 5.24. The van der Waals surface area contributed by atoms with Crippen LogP contribution in [0, 0.1) is 0 Å². The Hall–Kier alpha value is -1.40. The third-order valence-electron chi connectivity index (χ3n) is 2.33. The van der Waals surface area contributed by atoms with E-state index in [1.165, 1.54) is 0 Å². The number of hydrogen-bond donors (Lipinski definition) is 0. The summed E-state index contributed by atoms with van der Waals surface area (Å²) < 4.78 is 8.00. The Morgan fingerprint density at radius 2 is 2.18 bits per heavy atom. The molecule has 0 amide bonds. The molecule has 0 spiro atoms. The van der Waals surface area contributed by atoms with Gasteiger partial charge in [-0.05, 0) is 34.1 Å². The van der Waals surface area contributed by atoms with Gasteiger partial charge in [-0.1, -0.05) is 6.07 Å². The van der Waals surface area contributed by atoms with Gasteiger partial charge >= 0.3 is 0 Å². The van der Waals surface area contributed by atoms with Gasteiger partial charge in [-0.25, -0.2) is 4.98 Å².